The van der Waals surface area contributed by atoms with Crippen LogP contribution >= 0.6 is 0 Å². The maximum atomic E-state index is 13.3. The molecule has 0 aromatic heterocycles. The zero-order valence-electron chi connectivity index (χ0n) is 11.4. The van der Waals surface area contributed by atoms with Gasteiger partial charge in [-0.3, -0.25) is 4.79 Å². The number of aliphatic hydroxyl groups is 1. The number of likely N-dealkylation sites (tertiary alicyclic amines) is 1. The molecule has 1 atom stereocenters. The Balaban J connectivity index is 1.72. The van der Waals surface area contributed by atoms with Crippen LogP contribution in [0.3, 0.4) is 0 Å². The van der Waals surface area contributed by atoms with Crippen LogP contribution in [0.1, 0.15) is 19.3 Å². The van der Waals surface area contributed by atoms with E-state index >= 15 is 0 Å². The Labute approximate surface area is 118 Å². The van der Waals surface area contributed by atoms with Gasteiger partial charge in [-0.1, -0.05) is 12.1 Å². The maximum absolute atomic E-state index is 13.3. The van der Waals surface area contributed by atoms with Crippen LogP contribution in [0, 0.1) is 11.7 Å². The number of rotatable bonds is 6. The molecule has 2 rings (SSSR count). The number of carbonyl (C=O) groups excluding carboxylic acids is 1. The van der Waals surface area contributed by atoms with Crippen molar-refractivity contribution in [2.24, 2.45) is 5.92 Å². The Hall–Kier alpha value is -1.62. The SMILES string of the molecule is O=C(CCOc1ccccc1F)N1CCC(CCO)C1. The van der Waals surface area contributed by atoms with Gasteiger partial charge >= 0.3 is 0 Å². The van der Waals surface area contributed by atoms with Crippen molar-refractivity contribution in [1.82, 2.24) is 4.90 Å². The van der Waals surface area contributed by atoms with Gasteiger partial charge in [0.2, 0.25) is 5.91 Å². The van der Waals surface area contributed by atoms with Crippen LogP contribution in [0.5, 0.6) is 5.75 Å². The molecule has 0 aliphatic carbocycles. The first-order chi connectivity index (χ1) is 9.70. The minimum atomic E-state index is -0.413. The van der Waals surface area contributed by atoms with E-state index in [4.69, 9.17) is 9.84 Å². The number of ether oxygens (including phenoxy) is 1. The highest BCUT2D eigenvalue weighted by Crippen LogP contribution is 2.20. The number of aliphatic hydroxyl groups excluding tert-OH is 1. The summed E-state index contributed by atoms with van der Waals surface area (Å²) in [5, 5.41) is 8.89. The van der Waals surface area contributed by atoms with Crippen molar-refractivity contribution in [2.75, 3.05) is 26.3 Å². The van der Waals surface area contributed by atoms with Crippen LogP contribution in [-0.4, -0.2) is 42.2 Å². The minimum Gasteiger partial charge on any atom is -0.490 e. The topological polar surface area (TPSA) is 49.8 Å². The first-order valence-corrected chi connectivity index (χ1v) is 6.96. The molecular weight excluding hydrogens is 261 g/mol. The van der Waals surface area contributed by atoms with Gasteiger partial charge in [-0.2, -0.15) is 0 Å². The van der Waals surface area contributed by atoms with E-state index in [0.29, 0.717) is 12.5 Å². The fourth-order valence-corrected chi connectivity index (χ4v) is 2.45. The lowest BCUT2D eigenvalue weighted by Crippen LogP contribution is -2.29. The lowest BCUT2D eigenvalue weighted by molar-refractivity contribution is -0.130. The van der Waals surface area contributed by atoms with Gasteiger partial charge in [0.15, 0.2) is 11.6 Å². The third-order valence-corrected chi connectivity index (χ3v) is 3.59. The van der Waals surface area contributed by atoms with Crippen LogP contribution in [0.25, 0.3) is 0 Å². The van der Waals surface area contributed by atoms with Crippen molar-refractivity contribution in [3.8, 4) is 5.75 Å². The van der Waals surface area contributed by atoms with Gasteiger partial charge in [0.05, 0.1) is 13.0 Å². The maximum Gasteiger partial charge on any atom is 0.226 e. The number of para-hydroxylation sites is 1. The molecule has 1 aromatic rings. The monoisotopic (exact) mass is 281 g/mol. The molecule has 0 radical (unpaired) electrons. The minimum absolute atomic E-state index is 0.0294. The Morgan fingerprint density at radius 2 is 2.25 bits per heavy atom. The molecule has 1 saturated heterocycles. The molecule has 1 aliphatic rings. The van der Waals surface area contributed by atoms with E-state index in [1.54, 1.807) is 23.1 Å². The standard InChI is InChI=1S/C15H20FNO3/c16-13-3-1-2-4-14(13)20-10-7-15(19)17-8-5-12(11-17)6-9-18/h1-4,12,18H,5-11H2. The van der Waals surface area contributed by atoms with Crippen molar-refractivity contribution < 1.29 is 19.0 Å². The van der Waals surface area contributed by atoms with E-state index in [1.807, 2.05) is 0 Å². The molecule has 1 unspecified atom stereocenters. The van der Waals surface area contributed by atoms with Crippen molar-refractivity contribution in [3.63, 3.8) is 0 Å². The molecule has 1 aromatic carbocycles. The zero-order chi connectivity index (χ0) is 14.4. The Morgan fingerprint density at radius 3 is 3.00 bits per heavy atom. The summed E-state index contributed by atoms with van der Waals surface area (Å²) in [5.41, 5.74) is 0. The molecule has 1 amide bonds. The molecule has 1 N–H and O–H groups in total. The van der Waals surface area contributed by atoms with Gasteiger partial charge in [-0.15, -0.1) is 0 Å². The molecule has 110 valence electrons. The molecule has 20 heavy (non-hydrogen) atoms. The highest BCUT2D eigenvalue weighted by atomic mass is 19.1. The predicted octanol–water partition coefficient (Wildman–Crippen LogP) is 1.83. The van der Waals surface area contributed by atoms with Gasteiger partial charge in [0.1, 0.15) is 0 Å². The number of carbonyl (C=O) groups is 1. The van der Waals surface area contributed by atoms with Gasteiger partial charge in [0.25, 0.3) is 0 Å². The molecule has 5 heteroatoms. The van der Waals surface area contributed by atoms with Crippen LogP contribution in [0.15, 0.2) is 24.3 Å². The number of amides is 1. The number of hydrogen-bond acceptors (Lipinski definition) is 3. The van der Waals surface area contributed by atoms with Gasteiger partial charge < -0.3 is 14.7 Å². The van der Waals surface area contributed by atoms with E-state index in [9.17, 15) is 9.18 Å². The molecule has 0 bridgehead atoms. The summed E-state index contributed by atoms with van der Waals surface area (Å²) in [7, 11) is 0. The first kappa shape index (κ1) is 14.8. The predicted molar refractivity (Wildman–Crippen MR) is 72.9 cm³/mol. The van der Waals surface area contributed by atoms with E-state index < -0.39 is 5.82 Å². The van der Waals surface area contributed by atoms with Gasteiger partial charge in [-0.25, -0.2) is 4.39 Å². The number of benzene rings is 1. The summed E-state index contributed by atoms with van der Waals surface area (Å²) in [6.07, 6.45) is 1.94. The number of halogens is 1. The van der Waals surface area contributed by atoms with E-state index in [0.717, 1.165) is 19.4 Å². The van der Waals surface area contributed by atoms with Crippen LogP contribution < -0.4 is 4.74 Å². The highest BCUT2D eigenvalue weighted by Gasteiger charge is 2.25. The highest BCUT2D eigenvalue weighted by molar-refractivity contribution is 5.76. The summed E-state index contributed by atoms with van der Waals surface area (Å²) >= 11 is 0. The normalized spacial score (nSPS) is 18.3. The zero-order valence-corrected chi connectivity index (χ0v) is 11.4. The van der Waals surface area contributed by atoms with Gasteiger partial charge in [0, 0.05) is 19.7 Å². The summed E-state index contributed by atoms with van der Waals surface area (Å²) in [6.45, 7) is 1.80. The molecule has 1 heterocycles. The van der Waals surface area contributed by atoms with E-state index in [-0.39, 0.29) is 31.3 Å². The molecule has 0 saturated carbocycles. The lowest BCUT2D eigenvalue weighted by atomic mass is 10.1. The van der Waals surface area contributed by atoms with Crippen LogP contribution in [0.4, 0.5) is 4.39 Å². The Bertz CT molecular complexity index is 452. The quantitative estimate of drug-likeness (QED) is 0.865. The number of hydrogen-bond donors (Lipinski definition) is 1. The second-order valence-electron chi connectivity index (χ2n) is 5.04. The average Bonchev–Trinajstić information content (AvgIpc) is 2.90. The third-order valence-electron chi connectivity index (χ3n) is 3.59. The largest absolute Gasteiger partial charge is 0.490 e. The van der Waals surface area contributed by atoms with Crippen molar-refractivity contribution in [1.29, 1.82) is 0 Å². The fourth-order valence-electron chi connectivity index (χ4n) is 2.45. The van der Waals surface area contributed by atoms with Crippen LogP contribution in [-0.2, 0) is 4.79 Å². The molecule has 0 spiro atoms. The van der Waals surface area contributed by atoms with Crippen LogP contribution in [0.2, 0.25) is 0 Å². The Morgan fingerprint density at radius 1 is 1.45 bits per heavy atom. The smallest absolute Gasteiger partial charge is 0.226 e. The average molecular weight is 281 g/mol. The summed E-state index contributed by atoms with van der Waals surface area (Å²) in [5.74, 6) is 0.197. The van der Waals surface area contributed by atoms with Crippen molar-refractivity contribution >= 4 is 5.91 Å². The fraction of sp³-hybridized carbons (Fsp3) is 0.533. The molecule has 4 nitrogen and oxygen atoms in total. The summed E-state index contributed by atoms with van der Waals surface area (Å²) in [6, 6.07) is 6.17. The number of nitrogens with zero attached hydrogens (tertiary/aromatic N) is 1. The molecule has 1 aliphatic heterocycles. The van der Waals surface area contributed by atoms with Crippen molar-refractivity contribution in [2.45, 2.75) is 19.3 Å². The van der Waals surface area contributed by atoms with E-state index in [2.05, 4.69) is 0 Å². The van der Waals surface area contributed by atoms with Crippen molar-refractivity contribution in [3.05, 3.63) is 30.1 Å². The van der Waals surface area contributed by atoms with E-state index in [1.165, 1.54) is 6.07 Å². The lowest BCUT2D eigenvalue weighted by Gasteiger charge is -2.16. The molecular formula is C15H20FNO3. The third kappa shape index (κ3) is 3.93. The van der Waals surface area contributed by atoms with Gasteiger partial charge in [-0.05, 0) is 30.9 Å². The first-order valence-electron chi connectivity index (χ1n) is 6.96. The summed E-state index contributed by atoms with van der Waals surface area (Å²) in [4.78, 5) is 13.8. The Kier molecular flexibility index (Phi) is 5.35. The second kappa shape index (κ2) is 7.24. The second-order valence-corrected chi connectivity index (χ2v) is 5.04. The summed E-state index contributed by atoms with van der Waals surface area (Å²) < 4.78 is 18.6. The molecule has 1 fully saturated rings.